The van der Waals surface area contributed by atoms with Crippen molar-refractivity contribution in [2.24, 2.45) is 5.41 Å². The molecule has 0 saturated carbocycles. The van der Waals surface area contributed by atoms with Gasteiger partial charge in [0.25, 0.3) is 0 Å². The van der Waals surface area contributed by atoms with Gasteiger partial charge in [-0.2, -0.15) is 5.10 Å². The topological polar surface area (TPSA) is 67.5 Å². The van der Waals surface area contributed by atoms with Crippen LogP contribution in [0.15, 0.2) is 12.3 Å². The average Bonchev–Trinajstić information content (AvgIpc) is 2.76. The molecule has 0 spiro atoms. The summed E-state index contributed by atoms with van der Waals surface area (Å²) in [6.45, 7) is 10.6. The van der Waals surface area contributed by atoms with Crippen LogP contribution < -0.4 is 0 Å². The first-order valence-electron chi connectivity index (χ1n) is 6.58. The fourth-order valence-electron chi connectivity index (χ4n) is 1.52. The zero-order valence-electron chi connectivity index (χ0n) is 12.6. The Morgan fingerprint density at radius 3 is 2.42 bits per heavy atom. The minimum Gasteiger partial charge on any atom is -0.390 e. The Bertz CT molecular complexity index is 394. The Morgan fingerprint density at radius 2 is 1.95 bits per heavy atom. The van der Waals surface area contributed by atoms with Crippen LogP contribution in [0.25, 0.3) is 0 Å². The van der Waals surface area contributed by atoms with Gasteiger partial charge in [0.05, 0.1) is 37.2 Å². The van der Waals surface area contributed by atoms with Gasteiger partial charge in [-0.05, 0) is 25.3 Å². The van der Waals surface area contributed by atoms with Crippen LogP contribution in [0.3, 0.4) is 0 Å². The van der Waals surface area contributed by atoms with Crippen molar-refractivity contribution in [3.8, 4) is 0 Å². The molecule has 0 bridgehead atoms. The molecule has 0 aliphatic heterocycles. The number of ether oxygens (including phenoxy) is 1. The Labute approximate surface area is 115 Å². The summed E-state index contributed by atoms with van der Waals surface area (Å²) in [7, 11) is 0. The SMILES string of the molecule is CC(C)(C)C(O)COCC(C)(C)n1ccc(CO)n1. The summed E-state index contributed by atoms with van der Waals surface area (Å²) in [4.78, 5) is 0. The van der Waals surface area contributed by atoms with Gasteiger partial charge in [-0.25, -0.2) is 0 Å². The van der Waals surface area contributed by atoms with Crippen LogP contribution in [0.2, 0.25) is 0 Å². The van der Waals surface area contributed by atoms with Crippen LogP contribution in [-0.2, 0) is 16.9 Å². The molecule has 1 atom stereocenters. The van der Waals surface area contributed by atoms with E-state index in [1.165, 1.54) is 0 Å². The highest BCUT2D eigenvalue weighted by atomic mass is 16.5. The molecule has 1 rings (SSSR count). The second-order valence-corrected chi connectivity index (χ2v) is 6.62. The molecule has 0 aliphatic carbocycles. The quantitative estimate of drug-likeness (QED) is 0.822. The maximum Gasteiger partial charge on any atom is 0.0879 e. The van der Waals surface area contributed by atoms with E-state index in [9.17, 15) is 5.11 Å². The Kier molecular flexibility index (Phi) is 5.12. The van der Waals surface area contributed by atoms with Crippen LogP contribution in [0.5, 0.6) is 0 Å². The van der Waals surface area contributed by atoms with E-state index in [0.29, 0.717) is 18.9 Å². The monoisotopic (exact) mass is 270 g/mol. The van der Waals surface area contributed by atoms with Gasteiger partial charge >= 0.3 is 0 Å². The summed E-state index contributed by atoms with van der Waals surface area (Å²) >= 11 is 0. The molecule has 0 fully saturated rings. The highest BCUT2D eigenvalue weighted by Gasteiger charge is 2.25. The molecule has 19 heavy (non-hydrogen) atoms. The number of hydrogen-bond donors (Lipinski definition) is 2. The molecule has 0 radical (unpaired) electrons. The molecule has 0 saturated heterocycles. The third kappa shape index (κ3) is 4.60. The van der Waals surface area contributed by atoms with Crippen molar-refractivity contribution in [2.45, 2.75) is 52.9 Å². The maximum absolute atomic E-state index is 9.91. The number of aliphatic hydroxyl groups excluding tert-OH is 2. The van der Waals surface area contributed by atoms with E-state index in [-0.39, 0.29) is 17.6 Å². The van der Waals surface area contributed by atoms with E-state index in [1.807, 2.05) is 40.8 Å². The van der Waals surface area contributed by atoms with E-state index in [4.69, 9.17) is 9.84 Å². The van der Waals surface area contributed by atoms with Crippen molar-refractivity contribution >= 4 is 0 Å². The Hall–Kier alpha value is -0.910. The number of hydrogen-bond acceptors (Lipinski definition) is 4. The van der Waals surface area contributed by atoms with Crippen molar-refractivity contribution in [3.63, 3.8) is 0 Å². The summed E-state index contributed by atoms with van der Waals surface area (Å²) < 4.78 is 7.39. The molecule has 1 heterocycles. The molecule has 0 aliphatic rings. The molecule has 2 N–H and O–H groups in total. The van der Waals surface area contributed by atoms with Crippen LogP contribution in [0.4, 0.5) is 0 Å². The molecular formula is C14H26N2O3. The highest BCUT2D eigenvalue weighted by Crippen LogP contribution is 2.20. The smallest absolute Gasteiger partial charge is 0.0879 e. The fourth-order valence-corrected chi connectivity index (χ4v) is 1.52. The van der Waals surface area contributed by atoms with E-state index in [0.717, 1.165) is 0 Å². The third-order valence-electron chi connectivity index (χ3n) is 3.16. The number of aliphatic hydroxyl groups is 2. The standard InChI is InChI=1S/C14H26N2O3/c1-13(2,3)12(18)9-19-10-14(4,5)16-7-6-11(8-17)15-16/h6-7,12,17-18H,8-10H2,1-5H3. The van der Waals surface area contributed by atoms with Crippen molar-refractivity contribution in [1.29, 1.82) is 0 Å². The van der Waals surface area contributed by atoms with Gasteiger partial charge in [-0.1, -0.05) is 20.8 Å². The minimum atomic E-state index is -0.492. The zero-order valence-corrected chi connectivity index (χ0v) is 12.6. The second kappa shape index (κ2) is 6.03. The lowest BCUT2D eigenvalue weighted by Gasteiger charge is -2.29. The fraction of sp³-hybridized carbons (Fsp3) is 0.786. The predicted octanol–water partition coefficient (Wildman–Crippen LogP) is 1.53. The van der Waals surface area contributed by atoms with E-state index in [1.54, 1.807) is 10.7 Å². The van der Waals surface area contributed by atoms with E-state index < -0.39 is 6.10 Å². The summed E-state index contributed by atoms with van der Waals surface area (Å²) in [6, 6.07) is 1.78. The van der Waals surface area contributed by atoms with Crippen LogP contribution in [0.1, 0.15) is 40.3 Å². The lowest BCUT2D eigenvalue weighted by Crippen LogP contribution is -2.36. The van der Waals surface area contributed by atoms with Gasteiger partial charge < -0.3 is 14.9 Å². The van der Waals surface area contributed by atoms with Gasteiger partial charge in [0.15, 0.2) is 0 Å². The van der Waals surface area contributed by atoms with Crippen LogP contribution in [-0.4, -0.2) is 39.3 Å². The van der Waals surface area contributed by atoms with Crippen molar-refractivity contribution < 1.29 is 14.9 Å². The number of nitrogens with zero attached hydrogens (tertiary/aromatic N) is 2. The van der Waals surface area contributed by atoms with Gasteiger partial charge in [0.1, 0.15) is 0 Å². The summed E-state index contributed by atoms with van der Waals surface area (Å²) in [5, 5.41) is 23.2. The van der Waals surface area contributed by atoms with Crippen LogP contribution in [0, 0.1) is 5.41 Å². The van der Waals surface area contributed by atoms with E-state index in [2.05, 4.69) is 5.10 Å². The highest BCUT2D eigenvalue weighted by molar-refractivity contribution is 4.99. The van der Waals surface area contributed by atoms with Crippen LogP contribution >= 0.6 is 0 Å². The first kappa shape index (κ1) is 16.1. The molecule has 0 aromatic carbocycles. The number of rotatable bonds is 6. The van der Waals surface area contributed by atoms with Gasteiger partial charge in [0.2, 0.25) is 0 Å². The molecule has 0 amide bonds. The molecule has 1 aromatic rings. The Balaban J connectivity index is 2.51. The molecule has 5 heteroatoms. The predicted molar refractivity (Wildman–Crippen MR) is 73.8 cm³/mol. The molecular weight excluding hydrogens is 244 g/mol. The molecule has 1 unspecified atom stereocenters. The lowest BCUT2D eigenvalue weighted by molar-refractivity contribution is -0.0395. The summed E-state index contributed by atoms with van der Waals surface area (Å²) in [5.41, 5.74) is 0.146. The maximum atomic E-state index is 9.91. The lowest BCUT2D eigenvalue weighted by atomic mass is 9.90. The minimum absolute atomic E-state index is 0.0628. The third-order valence-corrected chi connectivity index (χ3v) is 3.16. The molecule has 5 nitrogen and oxygen atoms in total. The van der Waals surface area contributed by atoms with Gasteiger partial charge in [-0.3, -0.25) is 4.68 Å². The zero-order chi connectivity index (χ0) is 14.7. The summed E-state index contributed by atoms with van der Waals surface area (Å²) in [6.07, 6.45) is 1.34. The van der Waals surface area contributed by atoms with E-state index >= 15 is 0 Å². The average molecular weight is 270 g/mol. The van der Waals surface area contributed by atoms with Crippen molar-refractivity contribution in [1.82, 2.24) is 9.78 Å². The Morgan fingerprint density at radius 1 is 1.32 bits per heavy atom. The first-order chi connectivity index (χ1) is 8.66. The van der Waals surface area contributed by atoms with Gasteiger partial charge in [-0.15, -0.1) is 0 Å². The molecule has 1 aromatic heterocycles. The number of aromatic nitrogens is 2. The first-order valence-corrected chi connectivity index (χ1v) is 6.58. The van der Waals surface area contributed by atoms with Gasteiger partial charge in [0, 0.05) is 6.20 Å². The second-order valence-electron chi connectivity index (χ2n) is 6.62. The summed E-state index contributed by atoms with van der Waals surface area (Å²) in [5.74, 6) is 0. The normalized spacial score (nSPS) is 14.7. The van der Waals surface area contributed by atoms with Crippen molar-refractivity contribution in [3.05, 3.63) is 18.0 Å². The molecule has 110 valence electrons. The largest absolute Gasteiger partial charge is 0.390 e. The van der Waals surface area contributed by atoms with Crippen molar-refractivity contribution in [2.75, 3.05) is 13.2 Å².